The standard InChI is InChI=1S/C17H22F3NO3.C6H5F/c1-11(12-4-6-13(7-5-12)17(18,19)20)21-9-8-14(24-15(21)22)10-16(2,3)23;7-6-4-2-1-3-5-6/h4-7,11,14,23H,8-10H2,1-3H3;1-5H. The van der Waals surface area contributed by atoms with Gasteiger partial charge in [-0.15, -0.1) is 0 Å². The maximum atomic E-state index is 12.6. The van der Waals surface area contributed by atoms with Crippen LogP contribution in [0.5, 0.6) is 0 Å². The van der Waals surface area contributed by atoms with E-state index in [1.165, 1.54) is 29.2 Å². The number of halogens is 4. The molecule has 0 saturated carbocycles. The van der Waals surface area contributed by atoms with E-state index in [9.17, 15) is 27.5 Å². The summed E-state index contributed by atoms with van der Waals surface area (Å²) in [6.07, 6.45) is -4.32. The van der Waals surface area contributed by atoms with E-state index >= 15 is 0 Å². The zero-order valence-electron chi connectivity index (χ0n) is 17.7. The third kappa shape index (κ3) is 7.86. The molecule has 1 N–H and O–H groups in total. The maximum Gasteiger partial charge on any atom is 0.416 e. The van der Waals surface area contributed by atoms with Crippen LogP contribution in [0.15, 0.2) is 54.6 Å². The van der Waals surface area contributed by atoms with Crippen molar-refractivity contribution < 1.29 is 32.2 Å². The van der Waals surface area contributed by atoms with E-state index in [1.807, 2.05) is 0 Å². The smallest absolute Gasteiger partial charge is 0.416 e. The van der Waals surface area contributed by atoms with Crippen molar-refractivity contribution >= 4 is 6.09 Å². The molecular weight excluding hydrogens is 414 g/mol. The number of aliphatic hydroxyl groups is 1. The topological polar surface area (TPSA) is 49.8 Å². The van der Waals surface area contributed by atoms with Gasteiger partial charge in [0.05, 0.1) is 17.2 Å². The molecule has 2 aromatic rings. The predicted molar refractivity (Wildman–Crippen MR) is 109 cm³/mol. The van der Waals surface area contributed by atoms with E-state index < -0.39 is 23.4 Å². The van der Waals surface area contributed by atoms with Gasteiger partial charge in [-0.05, 0) is 50.6 Å². The van der Waals surface area contributed by atoms with Gasteiger partial charge < -0.3 is 14.7 Å². The Hall–Kier alpha value is -2.61. The van der Waals surface area contributed by atoms with Crippen molar-refractivity contribution in [2.24, 2.45) is 0 Å². The van der Waals surface area contributed by atoms with Gasteiger partial charge in [0.25, 0.3) is 0 Å². The number of benzene rings is 2. The minimum absolute atomic E-state index is 0.178. The van der Waals surface area contributed by atoms with Gasteiger partial charge in [0.2, 0.25) is 0 Å². The van der Waals surface area contributed by atoms with Crippen LogP contribution >= 0.6 is 0 Å². The highest BCUT2D eigenvalue weighted by Gasteiger charge is 2.34. The fraction of sp³-hybridized carbons (Fsp3) is 0.435. The average Bonchev–Trinajstić information content (AvgIpc) is 2.67. The molecule has 0 radical (unpaired) electrons. The number of cyclic esters (lactones) is 1. The number of carbonyl (C=O) groups excluding carboxylic acids is 1. The minimum Gasteiger partial charge on any atom is -0.446 e. The highest BCUT2D eigenvalue weighted by atomic mass is 19.4. The molecule has 1 aliphatic rings. The van der Waals surface area contributed by atoms with Crippen molar-refractivity contribution in [1.82, 2.24) is 4.90 Å². The van der Waals surface area contributed by atoms with Gasteiger partial charge in [-0.1, -0.05) is 30.3 Å². The number of hydrogen-bond donors (Lipinski definition) is 1. The van der Waals surface area contributed by atoms with E-state index in [4.69, 9.17) is 4.74 Å². The Morgan fingerprint density at radius 2 is 1.68 bits per heavy atom. The predicted octanol–water partition coefficient (Wildman–Crippen LogP) is 5.96. The quantitative estimate of drug-likeness (QED) is 0.596. The summed E-state index contributed by atoms with van der Waals surface area (Å²) in [5, 5.41) is 9.80. The van der Waals surface area contributed by atoms with E-state index in [0.717, 1.165) is 12.1 Å². The Balaban J connectivity index is 0.000000412. The third-order valence-electron chi connectivity index (χ3n) is 4.84. The molecule has 1 saturated heterocycles. The monoisotopic (exact) mass is 441 g/mol. The van der Waals surface area contributed by atoms with Crippen LogP contribution in [0, 0.1) is 5.82 Å². The SMILES string of the molecule is CC(c1ccc(C(F)(F)F)cc1)N1CCC(CC(C)(C)O)OC1=O.Fc1ccccc1. The molecular formula is C23H27F4NO3. The molecule has 3 rings (SSSR count). The van der Waals surface area contributed by atoms with Crippen LogP contribution in [0.2, 0.25) is 0 Å². The number of amides is 1. The van der Waals surface area contributed by atoms with Gasteiger partial charge in [-0.25, -0.2) is 9.18 Å². The van der Waals surface area contributed by atoms with Crippen molar-refractivity contribution in [2.75, 3.05) is 6.54 Å². The summed E-state index contributed by atoms with van der Waals surface area (Å²) in [6.45, 7) is 5.48. The fourth-order valence-corrected chi connectivity index (χ4v) is 3.24. The van der Waals surface area contributed by atoms with E-state index in [2.05, 4.69) is 0 Å². The molecule has 31 heavy (non-hydrogen) atoms. The van der Waals surface area contributed by atoms with Crippen LogP contribution in [0.25, 0.3) is 0 Å². The number of ether oxygens (including phenoxy) is 1. The lowest BCUT2D eigenvalue weighted by molar-refractivity contribution is -0.137. The molecule has 1 heterocycles. The first-order chi connectivity index (χ1) is 14.4. The lowest BCUT2D eigenvalue weighted by Gasteiger charge is -2.37. The first kappa shape index (κ1) is 24.7. The van der Waals surface area contributed by atoms with Crippen LogP contribution in [-0.4, -0.2) is 34.3 Å². The zero-order valence-corrected chi connectivity index (χ0v) is 17.7. The normalized spacial score (nSPS) is 18.0. The summed E-state index contributed by atoms with van der Waals surface area (Å²) >= 11 is 0. The fourth-order valence-electron chi connectivity index (χ4n) is 3.24. The van der Waals surface area contributed by atoms with Crippen LogP contribution in [0.4, 0.5) is 22.4 Å². The Kier molecular flexibility index (Phi) is 8.06. The Bertz CT molecular complexity index is 833. The summed E-state index contributed by atoms with van der Waals surface area (Å²) < 4.78 is 55.1. The number of carbonyl (C=O) groups is 1. The van der Waals surface area contributed by atoms with Crippen LogP contribution in [0.3, 0.4) is 0 Å². The molecule has 0 aliphatic carbocycles. The second kappa shape index (κ2) is 10.1. The van der Waals surface area contributed by atoms with Crippen molar-refractivity contribution in [3.63, 3.8) is 0 Å². The molecule has 0 spiro atoms. The summed E-state index contributed by atoms with van der Waals surface area (Å²) in [7, 11) is 0. The summed E-state index contributed by atoms with van der Waals surface area (Å²) in [4.78, 5) is 13.7. The van der Waals surface area contributed by atoms with Gasteiger partial charge in [-0.2, -0.15) is 13.2 Å². The molecule has 0 aromatic heterocycles. The first-order valence-electron chi connectivity index (χ1n) is 9.94. The zero-order chi connectivity index (χ0) is 23.2. The Morgan fingerprint density at radius 3 is 2.10 bits per heavy atom. The second-order valence-corrected chi connectivity index (χ2v) is 8.10. The van der Waals surface area contributed by atoms with Crippen molar-refractivity contribution in [1.29, 1.82) is 0 Å². The van der Waals surface area contributed by atoms with E-state index in [0.29, 0.717) is 24.9 Å². The molecule has 1 aliphatic heterocycles. The van der Waals surface area contributed by atoms with Crippen molar-refractivity contribution in [3.05, 3.63) is 71.5 Å². The van der Waals surface area contributed by atoms with Gasteiger partial charge >= 0.3 is 12.3 Å². The summed E-state index contributed by atoms with van der Waals surface area (Å²) in [6, 6.07) is 12.3. The molecule has 1 fully saturated rings. The lowest BCUT2D eigenvalue weighted by Crippen LogP contribution is -2.45. The molecule has 2 unspecified atom stereocenters. The van der Waals surface area contributed by atoms with Crippen LogP contribution in [0.1, 0.15) is 50.8 Å². The van der Waals surface area contributed by atoms with Crippen molar-refractivity contribution in [2.45, 2.75) is 57.5 Å². The third-order valence-corrected chi connectivity index (χ3v) is 4.84. The first-order valence-corrected chi connectivity index (χ1v) is 9.94. The van der Waals surface area contributed by atoms with Crippen LogP contribution in [-0.2, 0) is 10.9 Å². The van der Waals surface area contributed by atoms with Gasteiger partial charge in [0.15, 0.2) is 0 Å². The molecule has 0 bridgehead atoms. The van der Waals surface area contributed by atoms with Gasteiger partial charge in [-0.3, -0.25) is 0 Å². The minimum atomic E-state index is -4.38. The largest absolute Gasteiger partial charge is 0.446 e. The average molecular weight is 441 g/mol. The highest BCUT2D eigenvalue weighted by Crippen LogP contribution is 2.32. The molecule has 2 aromatic carbocycles. The second-order valence-electron chi connectivity index (χ2n) is 8.10. The highest BCUT2D eigenvalue weighted by molar-refractivity contribution is 5.69. The molecule has 4 nitrogen and oxygen atoms in total. The molecule has 2 atom stereocenters. The Morgan fingerprint density at radius 1 is 1.10 bits per heavy atom. The van der Waals surface area contributed by atoms with Crippen molar-refractivity contribution in [3.8, 4) is 0 Å². The van der Waals surface area contributed by atoms with E-state index in [1.54, 1.807) is 39.0 Å². The number of rotatable bonds is 4. The number of nitrogens with zero attached hydrogens (tertiary/aromatic N) is 1. The molecule has 170 valence electrons. The van der Waals surface area contributed by atoms with Gasteiger partial charge in [0, 0.05) is 19.4 Å². The number of alkyl halides is 3. The van der Waals surface area contributed by atoms with Gasteiger partial charge in [0.1, 0.15) is 11.9 Å². The summed E-state index contributed by atoms with van der Waals surface area (Å²) in [5.74, 6) is -0.178. The lowest BCUT2D eigenvalue weighted by atomic mass is 9.97. The van der Waals surface area contributed by atoms with E-state index in [-0.39, 0.29) is 18.0 Å². The Labute approximate surface area is 179 Å². The molecule has 1 amide bonds. The summed E-state index contributed by atoms with van der Waals surface area (Å²) in [5.41, 5.74) is -1.03. The molecule has 8 heteroatoms. The number of hydrogen-bond acceptors (Lipinski definition) is 3. The maximum absolute atomic E-state index is 12.6. The van der Waals surface area contributed by atoms with Crippen LogP contribution < -0.4 is 0 Å².